The van der Waals surface area contributed by atoms with E-state index < -0.39 is 0 Å². The van der Waals surface area contributed by atoms with Crippen molar-refractivity contribution >= 4 is 17.2 Å². The minimum atomic E-state index is -0.379. The molecule has 0 unspecified atom stereocenters. The Bertz CT molecular complexity index is 283. The van der Waals surface area contributed by atoms with Crippen LogP contribution < -0.4 is 0 Å². The Kier molecular flexibility index (Phi) is 2.28. The number of halogens is 1. The lowest BCUT2D eigenvalue weighted by Crippen LogP contribution is -1.68. The zero-order valence-corrected chi connectivity index (χ0v) is 5.77. The molecule has 1 aromatic carbocycles. The molecule has 0 saturated carbocycles. The van der Waals surface area contributed by atoms with Gasteiger partial charge in [0, 0.05) is 6.07 Å². The summed E-state index contributed by atoms with van der Waals surface area (Å²) in [6.07, 6.45) is 0. The van der Waals surface area contributed by atoms with Crippen molar-refractivity contribution in [2.24, 2.45) is 4.36 Å². The summed E-state index contributed by atoms with van der Waals surface area (Å²) in [4.78, 5) is 0. The van der Waals surface area contributed by atoms with Crippen LogP contribution >= 0.6 is 0 Å². The Balaban J connectivity index is 3.06. The summed E-state index contributed by atoms with van der Waals surface area (Å²) in [5.74, 6) is -0.379. The molecule has 2 nitrogen and oxygen atoms in total. The summed E-state index contributed by atoms with van der Waals surface area (Å²) in [6, 6.07) is 5.57. The molecule has 0 heterocycles. The SMILES string of the molecule is O=S=Nc1cccc(F)c1. The third-order valence-electron chi connectivity index (χ3n) is 0.951. The maximum absolute atomic E-state index is 12.3. The number of hydrogen-bond acceptors (Lipinski definition) is 2. The van der Waals surface area contributed by atoms with Crippen LogP contribution in [0.1, 0.15) is 0 Å². The highest BCUT2D eigenvalue weighted by molar-refractivity contribution is 7.54. The largest absolute Gasteiger partial charge is 0.207 e. The number of benzene rings is 1. The molecule has 0 bridgehead atoms. The summed E-state index contributed by atoms with van der Waals surface area (Å²) in [6.45, 7) is 0. The van der Waals surface area contributed by atoms with Crippen molar-refractivity contribution in [3.63, 3.8) is 0 Å². The molecule has 0 amide bonds. The van der Waals surface area contributed by atoms with E-state index in [1.165, 1.54) is 18.2 Å². The molecule has 0 atom stereocenters. The van der Waals surface area contributed by atoms with Crippen molar-refractivity contribution in [2.75, 3.05) is 0 Å². The fraction of sp³-hybridized carbons (Fsp3) is 0. The molecule has 0 saturated heterocycles. The minimum absolute atomic E-state index is 0.0718. The Labute approximate surface area is 60.9 Å². The highest BCUT2D eigenvalue weighted by Crippen LogP contribution is 2.11. The predicted octanol–water partition coefficient (Wildman–Crippen LogP) is 1.85. The lowest BCUT2D eigenvalue weighted by molar-refractivity contribution is 0.628. The van der Waals surface area contributed by atoms with E-state index in [4.69, 9.17) is 0 Å². The quantitative estimate of drug-likeness (QED) is 0.611. The second-order valence-corrected chi connectivity index (χ2v) is 1.98. The van der Waals surface area contributed by atoms with E-state index in [-0.39, 0.29) is 17.3 Å². The van der Waals surface area contributed by atoms with Crippen molar-refractivity contribution in [2.45, 2.75) is 0 Å². The molecular formula is C6H4FNOS. The van der Waals surface area contributed by atoms with E-state index in [1.54, 1.807) is 6.07 Å². The van der Waals surface area contributed by atoms with Gasteiger partial charge in [0.25, 0.3) is 0 Å². The van der Waals surface area contributed by atoms with Crippen LogP contribution in [0.3, 0.4) is 0 Å². The first kappa shape index (κ1) is 7.08. The molecule has 1 rings (SSSR count). The molecule has 1 aromatic rings. The second kappa shape index (κ2) is 3.22. The lowest BCUT2D eigenvalue weighted by Gasteiger charge is -1.87. The standard InChI is InChI=1S/C6H4FNOS/c7-5-2-1-3-6(4-5)8-10-9/h1-4H. The van der Waals surface area contributed by atoms with Crippen molar-refractivity contribution in [1.82, 2.24) is 0 Å². The summed E-state index contributed by atoms with van der Waals surface area (Å²) >= 11 is 0.0718. The first-order chi connectivity index (χ1) is 4.83. The van der Waals surface area contributed by atoms with Gasteiger partial charge < -0.3 is 0 Å². The number of nitrogens with zero attached hydrogens (tertiary/aromatic N) is 1. The van der Waals surface area contributed by atoms with Crippen LogP contribution in [-0.4, -0.2) is 4.21 Å². The van der Waals surface area contributed by atoms with Gasteiger partial charge >= 0.3 is 0 Å². The van der Waals surface area contributed by atoms with E-state index in [1.807, 2.05) is 0 Å². The van der Waals surface area contributed by atoms with E-state index in [2.05, 4.69) is 4.36 Å². The van der Waals surface area contributed by atoms with Crippen molar-refractivity contribution in [3.05, 3.63) is 30.1 Å². The van der Waals surface area contributed by atoms with Gasteiger partial charge in [0.15, 0.2) is 0 Å². The third-order valence-corrected chi connectivity index (χ3v) is 1.24. The zero-order valence-electron chi connectivity index (χ0n) is 4.95. The molecular weight excluding hydrogens is 153 g/mol. The smallest absolute Gasteiger partial charge is 0.205 e. The molecule has 0 aromatic heterocycles. The van der Waals surface area contributed by atoms with Crippen LogP contribution in [0, 0.1) is 5.82 Å². The molecule has 4 heteroatoms. The summed E-state index contributed by atoms with van der Waals surface area (Å²) < 4.78 is 25.5. The van der Waals surface area contributed by atoms with Crippen LogP contribution in [0.2, 0.25) is 0 Å². The normalized spacial score (nSPS) is 8.90. The third kappa shape index (κ3) is 1.73. The van der Waals surface area contributed by atoms with Crippen LogP contribution in [0.15, 0.2) is 28.6 Å². The van der Waals surface area contributed by atoms with Crippen LogP contribution in [0.4, 0.5) is 10.1 Å². The van der Waals surface area contributed by atoms with E-state index >= 15 is 0 Å². The van der Waals surface area contributed by atoms with E-state index in [0.717, 1.165) is 0 Å². The fourth-order valence-electron chi connectivity index (χ4n) is 0.576. The van der Waals surface area contributed by atoms with Gasteiger partial charge in [-0.2, -0.15) is 8.57 Å². The Morgan fingerprint density at radius 3 is 2.90 bits per heavy atom. The average Bonchev–Trinajstić information content (AvgIpc) is 1.88. The highest BCUT2D eigenvalue weighted by Gasteiger charge is 1.89. The van der Waals surface area contributed by atoms with Gasteiger partial charge in [-0.1, -0.05) is 6.07 Å². The predicted molar refractivity (Wildman–Crippen MR) is 36.6 cm³/mol. The monoisotopic (exact) mass is 157 g/mol. The average molecular weight is 157 g/mol. The van der Waals surface area contributed by atoms with Crippen molar-refractivity contribution < 1.29 is 8.60 Å². The summed E-state index contributed by atoms with van der Waals surface area (Å²) in [5, 5.41) is 0. The van der Waals surface area contributed by atoms with Crippen molar-refractivity contribution in [1.29, 1.82) is 0 Å². The van der Waals surface area contributed by atoms with Gasteiger partial charge in [0.2, 0.25) is 11.5 Å². The zero-order chi connectivity index (χ0) is 7.40. The number of hydrogen-bond donors (Lipinski definition) is 0. The molecule has 52 valence electrons. The van der Waals surface area contributed by atoms with Gasteiger partial charge in [-0.25, -0.2) is 4.39 Å². The molecule has 0 radical (unpaired) electrons. The maximum atomic E-state index is 12.3. The fourth-order valence-corrected chi connectivity index (χ4v) is 0.776. The van der Waals surface area contributed by atoms with Gasteiger partial charge in [-0.15, -0.1) is 0 Å². The molecule has 0 fully saturated rings. The molecule has 0 spiro atoms. The molecule has 0 aliphatic rings. The molecule has 0 N–H and O–H groups in total. The molecule has 0 aliphatic carbocycles. The second-order valence-electron chi connectivity index (χ2n) is 1.65. The van der Waals surface area contributed by atoms with E-state index in [0.29, 0.717) is 5.69 Å². The highest BCUT2D eigenvalue weighted by atomic mass is 32.1. The van der Waals surface area contributed by atoms with Crippen LogP contribution in [-0.2, 0) is 11.5 Å². The van der Waals surface area contributed by atoms with Gasteiger partial charge in [-0.3, -0.25) is 0 Å². The van der Waals surface area contributed by atoms with Crippen molar-refractivity contribution in [3.8, 4) is 0 Å². The number of rotatable bonds is 1. The Morgan fingerprint density at radius 1 is 1.50 bits per heavy atom. The van der Waals surface area contributed by atoms with E-state index in [9.17, 15) is 8.60 Å². The van der Waals surface area contributed by atoms with Crippen LogP contribution in [0.5, 0.6) is 0 Å². The lowest BCUT2D eigenvalue weighted by atomic mass is 10.3. The first-order valence-electron chi connectivity index (χ1n) is 2.58. The van der Waals surface area contributed by atoms with Crippen LogP contribution in [0.25, 0.3) is 0 Å². The molecule has 0 aliphatic heterocycles. The van der Waals surface area contributed by atoms with Gasteiger partial charge in [0.05, 0.1) is 5.69 Å². The Morgan fingerprint density at radius 2 is 2.30 bits per heavy atom. The van der Waals surface area contributed by atoms with Gasteiger partial charge in [-0.05, 0) is 12.1 Å². The molecule has 10 heavy (non-hydrogen) atoms. The first-order valence-corrected chi connectivity index (χ1v) is 3.28. The topological polar surface area (TPSA) is 29.4 Å². The maximum Gasteiger partial charge on any atom is 0.205 e. The Hall–Kier alpha value is -1.03. The summed E-state index contributed by atoms with van der Waals surface area (Å²) in [7, 11) is 0. The van der Waals surface area contributed by atoms with Gasteiger partial charge in [0.1, 0.15) is 5.82 Å². The summed E-state index contributed by atoms with van der Waals surface area (Å²) in [5.41, 5.74) is 0.361. The minimum Gasteiger partial charge on any atom is -0.207 e.